The van der Waals surface area contributed by atoms with Crippen LogP contribution in [0.25, 0.3) is 0 Å². The number of nitrogens with zero attached hydrogens (tertiary/aromatic N) is 2. The van der Waals surface area contributed by atoms with E-state index in [1.54, 1.807) is 0 Å². The van der Waals surface area contributed by atoms with Gasteiger partial charge in [-0.1, -0.05) is 20.8 Å². The van der Waals surface area contributed by atoms with Gasteiger partial charge in [-0.15, -0.1) is 0 Å². The van der Waals surface area contributed by atoms with Crippen LogP contribution >= 0.6 is 0 Å². The molecule has 0 N–H and O–H groups in total. The van der Waals surface area contributed by atoms with E-state index in [1.807, 2.05) is 20.0 Å². The van der Waals surface area contributed by atoms with Crippen molar-refractivity contribution in [1.82, 2.24) is 4.67 Å². The summed E-state index contributed by atoms with van der Waals surface area (Å²) >= 11 is 0. The monoisotopic (exact) mass is 204 g/mol. The molecule has 0 amide bonds. The van der Waals surface area contributed by atoms with Crippen molar-refractivity contribution < 1.29 is 5.03 Å². The summed E-state index contributed by atoms with van der Waals surface area (Å²) in [6.07, 6.45) is 0. The maximum atomic E-state index is 10.8. The molecule has 78 valence electrons. The van der Waals surface area contributed by atoms with Gasteiger partial charge in [-0.25, -0.2) is 10.1 Å². The summed E-state index contributed by atoms with van der Waals surface area (Å²) in [5, 5.41) is 10.6. The first-order valence-electron chi connectivity index (χ1n) is 4.56. The van der Waals surface area contributed by atoms with Gasteiger partial charge in [0.2, 0.25) is 8.24 Å². The van der Waals surface area contributed by atoms with Crippen molar-refractivity contribution in [3.05, 3.63) is 10.1 Å². The van der Waals surface area contributed by atoms with Crippen LogP contribution in [-0.4, -0.2) is 24.5 Å². The number of rotatable bonds is 3. The average molecular weight is 204 g/mol. The fourth-order valence-corrected chi connectivity index (χ4v) is 3.08. The van der Waals surface area contributed by atoms with Gasteiger partial charge >= 0.3 is 0 Å². The van der Waals surface area contributed by atoms with Crippen LogP contribution in [0.4, 0.5) is 0 Å². The van der Waals surface area contributed by atoms with Crippen LogP contribution in [0, 0.1) is 10.1 Å². The van der Waals surface area contributed by atoms with Gasteiger partial charge in [0, 0.05) is 0 Å². The van der Waals surface area contributed by atoms with Crippen LogP contribution in [0.1, 0.15) is 27.7 Å². The molecule has 0 atom stereocenters. The first-order valence-corrected chi connectivity index (χ1v) is 7.51. The van der Waals surface area contributed by atoms with E-state index in [4.69, 9.17) is 0 Å². The Morgan fingerprint density at radius 3 is 1.85 bits per heavy atom. The second-order valence-corrected chi connectivity index (χ2v) is 9.90. The predicted molar refractivity (Wildman–Crippen MR) is 56.6 cm³/mol. The molecule has 4 nitrogen and oxygen atoms in total. The Balaban J connectivity index is 4.89. The summed E-state index contributed by atoms with van der Waals surface area (Å²) in [5.41, 5.74) is 0. The number of hydrogen-bond donors (Lipinski definition) is 0. The molecule has 0 aromatic carbocycles. The molecule has 0 aromatic heterocycles. The standard InChI is InChI=1S/C8H20N2O2Si/c1-7-9(10(11)12)13(5,6)8(2,3)4/h7H2,1-6H3. The number of nitro groups is 1. The quantitative estimate of drug-likeness (QED) is 0.403. The Morgan fingerprint density at radius 1 is 1.38 bits per heavy atom. The van der Waals surface area contributed by atoms with Crippen LogP contribution in [0.5, 0.6) is 0 Å². The topological polar surface area (TPSA) is 46.4 Å². The van der Waals surface area contributed by atoms with E-state index in [0.29, 0.717) is 6.54 Å². The minimum Gasteiger partial charge on any atom is -0.235 e. The number of hydrogen-bond acceptors (Lipinski definition) is 2. The van der Waals surface area contributed by atoms with Crippen LogP contribution in [0.3, 0.4) is 0 Å². The van der Waals surface area contributed by atoms with Crippen LogP contribution < -0.4 is 0 Å². The highest BCUT2D eigenvalue weighted by Gasteiger charge is 2.46. The molecule has 0 saturated carbocycles. The van der Waals surface area contributed by atoms with E-state index in [-0.39, 0.29) is 10.1 Å². The summed E-state index contributed by atoms with van der Waals surface area (Å²) in [5.74, 6) is 0. The highest BCUT2D eigenvalue weighted by atomic mass is 28.3. The minimum atomic E-state index is -1.96. The van der Waals surface area contributed by atoms with E-state index < -0.39 is 8.24 Å². The average Bonchev–Trinajstić information content (AvgIpc) is 1.83. The summed E-state index contributed by atoms with van der Waals surface area (Å²) in [4.78, 5) is 10.8. The lowest BCUT2D eigenvalue weighted by Gasteiger charge is -2.39. The van der Waals surface area contributed by atoms with Crippen molar-refractivity contribution in [2.24, 2.45) is 0 Å². The molecule has 0 aliphatic heterocycles. The lowest BCUT2D eigenvalue weighted by Crippen LogP contribution is -2.57. The molecule has 0 heterocycles. The maximum Gasteiger partial charge on any atom is 0.235 e. The molecular weight excluding hydrogens is 184 g/mol. The number of hydrazine groups is 1. The smallest absolute Gasteiger partial charge is 0.235 e. The normalized spacial score (nSPS) is 12.8. The molecule has 0 aromatic rings. The summed E-state index contributed by atoms with van der Waals surface area (Å²) < 4.78 is 1.42. The molecule has 0 aliphatic rings. The second kappa shape index (κ2) is 3.65. The molecule has 5 heteroatoms. The maximum absolute atomic E-state index is 10.8. The highest BCUT2D eigenvalue weighted by Crippen LogP contribution is 2.37. The molecule has 0 bridgehead atoms. The third kappa shape index (κ3) is 2.43. The molecule has 0 saturated heterocycles. The van der Waals surface area contributed by atoms with E-state index in [0.717, 1.165) is 0 Å². The van der Waals surface area contributed by atoms with Gasteiger partial charge in [-0.05, 0) is 25.1 Å². The lowest BCUT2D eigenvalue weighted by molar-refractivity contribution is -0.627. The van der Waals surface area contributed by atoms with Crippen LogP contribution in [0.15, 0.2) is 0 Å². The zero-order valence-corrected chi connectivity index (χ0v) is 10.4. The van der Waals surface area contributed by atoms with Gasteiger partial charge in [-0.3, -0.25) is 0 Å². The third-order valence-corrected chi connectivity index (χ3v) is 8.42. The van der Waals surface area contributed by atoms with Crippen molar-refractivity contribution in [3.8, 4) is 0 Å². The molecule has 0 spiro atoms. The van der Waals surface area contributed by atoms with Gasteiger partial charge in [0.05, 0.1) is 6.54 Å². The lowest BCUT2D eigenvalue weighted by atomic mass is 10.2. The van der Waals surface area contributed by atoms with E-state index in [2.05, 4.69) is 20.8 Å². The first-order chi connectivity index (χ1) is 5.64. The van der Waals surface area contributed by atoms with Crippen molar-refractivity contribution in [2.75, 3.05) is 6.54 Å². The van der Waals surface area contributed by atoms with Crippen molar-refractivity contribution >= 4 is 8.24 Å². The minimum absolute atomic E-state index is 0.0239. The Bertz CT molecular complexity index is 199. The summed E-state index contributed by atoms with van der Waals surface area (Å²) in [6.45, 7) is 12.6. The Kier molecular flexibility index (Phi) is 3.49. The molecule has 0 radical (unpaired) electrons. The summed E-state index contributed by atoms with van der Waals surface area (Å²) in [6, 6.07) is 0. The molecule has 0 unspecified atom stereocenters. The van der Waals surface area contributed by atoms with Gasteiger partial charge in [0.15, 0.2) is 5.03 Å². The Morgan fingerprint density at radius 2 is 1.77 bits per heavy atom. The van der Waals surface area contributed by atoms with Crippen molar-refractivity contribution in [3.63, 3.8) is 0 Å². The SMILES string of the molecule is CCN([N+](=O)[O-])[Si](C)(C)C(C)(C)C. The van der Waals surface area contributed by atoms with E-state index >= 15 is 0 Å². The van der Waals surface area contributed by atoms with Gasteiger partial charge < -0.3 is 0 Å². The van der Waals surface area contributed by atoms with Gasteiger partial charge in [0.1, 0.15) is 0 Å². The molecule has 13 heavy (non-hydrogen) atoms. The third-order valence-electron chi connectivity index (χ3n) is 2.98. The van der Waals surface area contributed by atoms with Crippen molar-refractivity contribution in [1.29, 1.82) is 0 Å². The molecular formula is C8H20N2O2Si. The van der Waals surface area contributed by atoms with Gasteiger partial charge in [0.25, 0.3) is 0 Å². The molecule has 0 rings (SSSR count). The van der Waals surface area contributed by atoms with Crippen molar-refractivity contribution in [2.45, 2.75) is 45.8 Å². The fraction of sp³-hybridized carbons (Fsp3) is 1.00. The van der Waals surface area contributed by atoms with E-state index in [1.165, 1.54) is 4.67 Å². The zero-order valence-electron chi connectivity index (χ0n) is 9.42. The first kappa shape index (κ1) is 12.4. The van der Waals surface area contributed by atoms with Crippen LogP contribution in [-0.2, 0) is 0 Å². The molecule has 0 fully saturated rings. The fourth-order valence-electron chi connectivity index (χ4n) is 1.10. The summed E-state index contributed by atoms with van der Waals surface area (Å²) in [7, 11) is -1.96. The molecule has 0 aliphatic carbocycles. The Labute approximate surface area is 81.1 Å². The second-order valence-electron chi connectivity index (χ2n) is 4.76. The highest BCUT2D eigenvalue weighted by molar-refractivity contribution is 6.77. The van der Waals surface area contributed by atoms with Gasteiger partial charge in [-0.2, -0.15) is 4.67 Å². The Hall–Kier alpha value is -0.583. The largest absolute Gasteiger partial charge is 0.235 e. The predicted octanol–water partition coefficient (Wildman–Crippen LogP) is 2.51. The van der Waals surface area contributed by atoms with Crippen LogP contribution in [0.2, 0.25) is 18.1 Å². The van der Waals surface area contributed by atoms with E-state index in [9.17, 15) is 10.1 Å². The zero-order chi connectivity index (χ0) is 10.9.